The van der Waals surface area contributed by atoms with Crippen LogP contribution in [0.25, 0.3) is 10.8 Å². The normalized spacial score (nSPS) is 16.2. The lowest BCUT2D eigenvalue weighted by Gasteiger charge is -2.19. The number of carboxylic acids is 1. The van der Waals surface area contributed by atoms with Crippen LogP contribution < -0.4 is 16.0 Å². The molecule has 2 atom stereocenters. The Labute approximate surface area is 224 Å². The first-order valence-electron chi connectivity index (χ1n) is 12.1. The minimum absolute atomic E-state index is 0.00391. The monoisotopic (exact) mass is 575 g/mol. The quantitative estimate of drug-likeness (QED) is 0.294. The lowest BCUT2D eigenvalue weighted by molar-refractivity contribution is -0.192. The Hall–Kier alpha value is -3.23. The third-order valence-electron chi connectivity index (χ3n) is 5.71. The van der Waals surface area contributed by atoms with E-state index in [2.05, 4.69) is 16.0 Å². The van der Waals surface area contributed by atoms with Crippen LogP contribution in [0.1, 0.15) is 24.8 Å². The summed E-state index contributed by atoms with van der Waals surface area (Å²) in [4.78, 5) is 33.9. The zero-order chi connectivity index (χ0) is 29.1. The number of fused-ring (bicyclic) bond motifs is 1. The zero-order valence-electron chi connectivity index (χ0n) is 21.3. The molecule has 3 rings (SSSR count). The van der Waals surface area contributed by atoms with Crippen LogP contribution in [0, 0.1) is 0 Å². The second-order valence-corrected chi connectivity index (χ2v) is 11.3. The number of amides is 1. The molecule has 0 bridgehead atoms. The van der Waals surface area contributed by atoms with Crippen LogP contribution in [0.2, 0.25) is 0 Å². The van der Waals surface area contributed by atoms with Gasteiger partial charge in [-0.2, -0.15) is 13.2 Å². The third kappa shape index (κ3) is 12.0. The van der Waals surface area contributed by atoms with Gasteiger partial charge in [0.05, 0.1) is 12.3 Å². The van der Waals surface area contributed by atoms with E-state index in [1.807, 2.05) is 42.5 Å². The van der Waals surface area contributed by atoms with Gasteiger partial charge in [0.15, 0.2) is 0 Å². The fraction of sp³-hybridized carbons (Fsp3) is 0.480. The van der Waals surface area contributed by atoms with Crippen molar-refractivity contribution in [3.8, 4) is 0 Å². The van der Waals surface area contributed by atoms with Gasteiger partial charge in [0, 0.05) is 18.8 Å². The lowest BCUT2D eigenvalue weighted by atomic mass is 10.0. The molecule has 1 aliphatic heterocycles. The highest BCUT2D eigenvalue weighted by atomic mass is 32.2. The van der Waals surface area contributed by atoms with Gasteiger partial charge < -0.3 is 25.8 Å². The Kier molecular flexibility index (Phi) is 12.1. The molecule has 1 amide bonds. The molecule has 4 N–H and O–H groups in total. The maximum atomic E-state index is 12.5. The van der Waals surface area contributed by atoms with Crippen molar-refractivity contribution in [1.82, 2.24) is 16.0 Å². The third-order valence-corrected chi connectivity index (χ3v) is 6.69. The standard InChI is InChI=1S/C23H31N3O5S.C2HF3O2/c1-32(29,30)13-11-21(23(28)31-16-19-9-5-12-25-19)26-22(27)15-24-14-18-8-4-7-17-6-2-3-10-20(17)18;3-2(4,5)1(6)7/h2-4,6-8,10,19,21,24-25H,5,9,11-16H2,1H3,(H,26,27);(H,6,7)/t19-,21?;/m0./s1. The molecule has 0 radical (unpaired) electrons. The smallest absolute Gasteiger partial charge is 0.475 e. The molecular weight excluding hydrogens is 543 g/mol. The summed E-state index contributed by atoms with van der Waals surface area (Å²) >= 11 is 0. The summed E-state index contributed by atoms with van der Waals surface area (Å²) in [6, 6.07) is 13.1. The minimum atomic E-state index is -5.08. The number of sulfone groups is 1. The maximum Gasteiger partial charge on any atom is 0.490 e. The number of carbonyl (C=O) groups is 3. The predicted octanol–water partition coefficient (Wildman–Crippen LogP) is 1.78. The first-order valence-corrected chi connectivity index (χ1v) is 14.2. The second kappa shape index (κ2) is 14.8. The Morgan fingerprint density at radius 3 is 2.44 bits per heavy atom. The number of halogens is 3. The molecule has 216 valence electrons. The van der Waals surface area contributed by atoms with Crippen molar-refractivity contribution in [2.24, 2.45) is 0 Å². The molecule has 10 nitrogen and oxygen atoms in total. The molecule has 2 aromatic rings. The van der Waals surface area contributed by atoms with Gasteiger partial charge in [-0.05, 0) is 42.1 Å². The number of rotatable bonds is 11. The van der Waals surface area contributed by atoms with E-state index in [-0.39, 0.29) is 37.3 Å². The molecule has 0 spiro atoms. The minimum Gasteiger partial charge on any atom is -0.475 e. The average molecular weight is 576 g/mol. The van der Waals surface area contributed by atoms with Crippen molar-refractivity contribution in [3.05, 3.63) is 48.0 Å². The Balaban J connectivity index is 0.000000673. The summed E-state index contributed by atoms with van der Waals surface area (Å²) in [7, 11) is -3.28. The summed E-state index contributed by atoms with van der Waals surface area (Å²) < 4.78 is 60.2. The van der Waals surface area contributed by atoms with E-state index in [1.165, 1.54) is 0 Å². The lowest BCUT2D eigenvalue weighted by Crippen LogP contribution is -2.46. The van der Waals surface area contributed by atoms with Crippen molar-refractivity contribution in [2.45, 2.75) is 44.1 Å². The molecular formula is C25H32F3N3O7S. The first-order chi connectivity index (χ1) is 18.3. The number of hydrogen-bond acceptors (Lipinski definition) is 8. The van der Waals surface area contributed by atoms with Crippen LogP contribution in [0.4, 0.5) is 13.2 Å². The number of esters is 1. The topological polar surface area (TPSA) is 151 Å². The average Bonchev–Trinajstić information content (AvgIpc) is 3.38. The predicted molar refractivity (Wildman–Crippen MR) is 138 cm³/mol. The van der Waals surface area contributed by atoms with Crippen LogP contribution in [-0.4, -0.2) is 81.3 Å². The van der Waals surface area contributed by atoms with E-state index in [1.54, 1.807) is 0 Å². The molecule has 0 saturated carbocycles. The van der Waals surface area contributed by atoms with Crippen LogP contribution in [0.15, 0.2) is 42.5 Å². The van der Waals surface area contributed by atoms with Crippen molar-refractivity contribution >= 4 is 38.5 Å². The number of alkyl halides is 3. The summed E-state index contributed by atoms with van der Waals surface area (Å²) in [5, 5.41) is 18.3. The fourth-order valence-corrected chi connectivity index (χ4v) is 4.43. The van der Waals surface area contributed by atoms with E-state index in [4.69, 9.17) is 14.6 Å². The summed E-state index contributed by atoms with van der Waals surface area (Å²) in [6.45, 7) is 1.58. The molecule has 0 aromatic heterocycles. The van der Waals surface area contributed by atoms with Crippen molar-refractivity contribution in [2.75, 3.05) is 31.7 Å². The van der Waals surface area contributed by atoms with Crippen molar-refractivity contribution in [3.63, 3.8) is 0 Å². The zero-order valence-corrected chi connectivity index (χ0v) is 22.1. The molecule has 1 unspecified atom stereocenters. The van der Waals surface area contributed by atoms with E-state index in [0.29, 0.717) is 6.54 Å². The second-order valence-electron chi connectivity index (χ2n) is 9.01. The number of benzene rings is 2. The van der Waals surface area contributed by atoms with Crippen LogP contribution in [0.5, 0.6) is 0 Å². The van der Waals surface area contributed by atoms with Crippen LogP contribution in [0.3, 0.4) is 0 Å². The first kappa shape index (κ1) is 32.0. The van der Waals surface area contributed by atoms with Gasteiger partial charge in [0.1, 0.15) is 22.5 Å². The van der Waals surface area contributed by atoms with Gasteiger partial charge in [-0.1, -0.05) is 42.5 Å². The number of nitrogens with one attached hydrogen (secondary N) is 3. The van der Waals surface area contributed by atoms with Crippen molar-refractivity contribution < 1.29 is 45.8 Å². The number of carbonyl (C=O) groups excluding carboxylic acids is 2. The number of aliphatic carboxylic acids is 1. The van der Waals surface area contributed by atoms with E-state index < -0.39 is 34.0 Å². The molecule has 39 heavy (non-hydrogen) atoms. The molecule has 1 fully saturated rings. The summed E-state index contributed by atoms with van der Waals surface area (Å²) in [6.07, 6.45) is -2.05. The van der Waals surface area contributed by atoms with Gasteiger partial charge in [-0.15, -0.1) is 0 Å². The highest BCUT2D eigenvalue weighted by molar-refractivity contribution is 7.90. The molecule has 1 heterocycles. The molecule has 1 aliphatic rings. The van der Waals surface area contributed by atoms with Crippen LogP contribution in [-0.2, 0) is 35.5 Å². The van der Waals surface area contributed by atoms with Crippen LogP contribution >= 0.6 is 0 Å². The van der Waals surface area contributed by atoms with Crippen molar-refractivity contribution in [1.29, 1.82) is 0 Å². The van der Waals surface area contributed by atoms with E-state index in [9.17, 15) is 31.2 Å². The Morgan fingerprint density at radius 1 is 1.15 bits per heavy atom. The highest BCUT2D eigenvalue weighted by Crippen LogP contribution is 2.18. The molecule has 2 aromatic carbocycles. The number of hydrogen-bond donors (Lipinski definition) is 4. The molecule has 1 saturated heterocycles. The highest BCUT2D eigenvalue weighted by Gasteiger charge is 2.38. The molecule has 0 aliphatic carbocycles. The van der Waals surface area contributed by atoms with E-state index in [0.717, 1.165) is 42.0 Å². The number of ether oxygens (including phenoxy) is 1. The van der Waals surface area contributed by atoms with Gasteiger partial charge >= 0.3 is 18.1 Å². The van der Waals surface area contributed by atoms with E-state index >= 15 is 0 Å². The molecule has 14 heteroatoms. The van der Waals surface area contributed by atoms with Gasteiger partial charge in [-0.25, -0.2) is 18.0 Å². The maximum absolute atomic E-state index is 12.5. The number of carboxylic acid groups (broad SMARTS) is 1. The van der Waals surface area contributed by atoms with Gasteiger partial charge in [0.2, 0.25) is 5.91 Å². The SMILES string of the molecule is CS(=O)(=O)CCC(NC(=O)CNCc1cccc2ccccc12)C(=O)OC[C@@H]1CCCN1.O=C(O)C(F)(F)F. The Morgan fingerprint density at radius 2 is 1.82 bits per heavy atom. The summed E-state index contributed by atoms with van der Waals surface area (Å²) in [5.74, 6) is -3.96. The Bertz CT molecular complexity index is 1230. The fourth-order valence-electron chi connectivity index (χ4n) is 3.77. The van der Waals surface area contributed by atoms with Gasteiger partial charge in [-0.3, -0.25) is 4.79 Å². The summed E-state index contributed by atoms with van der Waals surface area (Å²) in [5.41, 5.74) is 1.06. The van der Waals surface area contributed by atoms with Gasteiger partial charge in [0.25, 0.3) is 0 Å². The largest absolute Gasteiger partial charge is 0.490 e.